The number of aromatic nitrogens is 1. The number of aryl methyl sites for hydroxylation is 1. The molecule has 0 spiro atoms. The predicted molar refractivity (Wildman–Crippen MR) is 110 cm³/mol. The molecule has 1 aromatic heterocycles. The summed E-state index contributed by atoms with van der Waals surface area (Å²) in [5.41, 5.74) is 1.35. The van der Waals surface area contributed by atoms with Gasteiger partial charge in [0.05, 0.1) is 12.8 Å². The fraction of sp³-hybridized carbons (Fsp3) is 0.400. The van der Waals surface area contributed by atoms with Crippen LogP contribution in [-0.4, -0.2) is 43.2 Å². The van der Waals surface area contributed by atoms with Gasteiger partial charge in [-0.2, -0.15) is 0 Å². The van der Waals surface area contributed by atoms with Gasteiger partial charge in [0, 0.05) is 12.1 Å². The highest BCUT2D eigenvalue weighted by Crippen LogP contribution is 2.29. The van der Waals surface area contributed by atoms with Crippen molar-refractivity contribution in [1.29, 1.82) is 0 Å². The summed E-state index contributed by atoms with van der Waals surface area (Å²) in [6, 6.07) is 6.69. The van der Waals surface area contributed by atoms with E-state index in [4.69, 9.17) is 9.47 Å². The van der Waals surface area contributed by atoms with Crippen LogP contribution in [0.15, 0.2) is 24.3 Å². The Balaban J connectivity index is 1.88. The molecular weight excluding hydrogens is 394 g/mol. The third-order valence-corrected chi connectivity index (χ3v) is 5.10. The molecule has 1 aromatic carbocycles. The van der Waals surface area contributed by atoms with Crippen molar-refractivity contribution < 1.29 is 23.9 Å². The number of ether oxygens (including phenoxy) is 2. The molecule has 9 heteroatoms. The molecule has 8 nitrogen and oxygen atoms in total. The molecule has 2 aromatic rings. The first-order valence-electron chi connectivity index (χ1n) is 9.16. The van der Waals surface area contributed by atoms with Crippen LogP contribution in [0.1, 0.15) is 35.6 Å². The maximum absolute atomic E-state index is 12.3. The number of esters is 1. The van der Waals surface area contributed by atoms with E-state index < -0.39 is 24.5 Å². The Kier molecular flexibility index (Phi) is 8.14. The molecule has 0 saturated carbocycles. The second-order valence-corrected chi connectivity index (χ2v) is 7.72. The maximum atomic E-state index is 12.3. The molecule has 156 valence electrons. The molecule has 1 heterocycles. The van der Waals surface area contributed by atoms with Crippen LogP contribution in [0.5, 0.6) is 5.75 Å². The first kappa shape index (κ1) is 22.4. The number of imide groups is 1. The lowest BCUT2D eigenvalue weighted by Crippen LogP contribution is -2.41. The van der Waals surface area contributed by atoms with Gasteiger partial charge in [0.15, 0.2) is 6.61 Å². The van der Waals surface area contributed by atoms with Gasteiger partial charge >= 0.3 is 12.0 Å². The zero-order valence-electron chi connectivity index (χ0n) is 16.9. The third kappa shape index (κ3) is 6.86. The average molecular weight is 420 g/mol. The third-order valence-electron chi connectivity index (χ3n) is 3.91. The smallest absolute Gasteiger partial charge is 0.350 e. The van der Waals surface area contributed by atoms with E-state index in [-0.39, 0.29) is 0 Å². The quantitative estimate of drug-likeness (QED) is 0.637. The summed E-state index contributed by atoms with van der Waals surface area (Å²) in [6.45, 7) is 5.68. The molecule has 2 N–H and O–H groups in total. The van der Waals surface area contributed by atoms with Crippen LogP contribution in [0.4, 0.5) is 4.79 Å². The number of carbonyl (C=O) groups is 3. The molecule has 0 radical (unpaired) electrons. The van der Waals surface area contributed by atoms with Crippen molar-refractivity contribution >= 4 is 29.2 Å². The second-order valence-electron chi connectivity index (χ2n) is 6.72. The van der Waals surface area contributed by atoms with Gasteiger partial charge < -0.3 is 14.8 Å². The molecule has 0 aliphatic heterocycles. The van der Waals surface area contributed by atoms with E-state index in [9.17, 15) is 14.4 Å². The molecule has 0 unspecified atom stereocenters. The van der Waals surface area contributed by atoms with Gasteiger partial charge in [-0.1, -0.05) is 13.8 Å². The number of methoxy groups -OCH3 is 1. The van der Waals surface area contributed by atoms with Crippen LogP contribution < -0.4 is 15.4 Å². The van der Waals surface area contributed by atoms with Crippen LogP contribution in [-0.2, 0) is 9.53 Å². The number of hydrogen-bond donors (Lipinski definition) is 2. The Hall–Kier alpha value is -2.94. The van der Waals surface area contributed by atoms with Gasteiger partial charge in [0.2, 0.25) is 0 Å². The van der Waals surface area contributed by atoms with E-state index in [0.29, 0.717) is 28.0 Å². The first-order valence-corrected chi connectivity index (χ1v) is 9.98. The Bertz CT molecular complexity index is 862. The highest BCUT2D eigenvalue weighted by molar-refractivity contribution is 7.17. The number of nitrogens with one attached hydrogen (secondary N) is 2. The van der Waals surface area contributed by atoms with E-state index in [1.807, 2.05) is 26.0 Å². The SMILES string of the molecule is COc1ccc(-c2nc(C)c(C(=O)OCC(=O)NC(=O)NCCC(C)C)s2)cc1. The van der Waals surface area contributed by atoms with Crippen molar-refractivity contribution in [2.24, 2.45) is 5.92 Å². The summed E-state index contributed by atoms with van der Waals surface area (Å²) in [6.07, 6.45) is 0.803. The molecule has 2 rings (SSSR count). The average Bonchev–Trinajstić information content (AvgIpc) is 3.07. The van der Waals surface area contributed by atoms with Crippen molar-refractivity contribution in [3.63, 3.8) is 0 Å². The summed E-state index contributed by atoms with van der Waals surface area (Å²) >= 11 is 1.18. The van der Waals surface area contributed by atoms with Gasteiger partial charge in [-0.3, -0.25) is 10.1 Å². The summed E-state index contributed by atoms with van der Waals surface area (Å²) in [5.74, 6) is -0.189. The summed E-state index contributed by atoms with van der Waals surface area (Å²) in [5, 5.41) is 5.36. The summed E-state index contributed by atoms with van der Waals surface area (Å²) in [7, 11) is 1.59. The molecule has 0 saturated heterocycles. The Morgan fingerprint density at radius 2 is 1.86 bits per heavy atom. The first-order chi connectivity index (χ1) is 13.8. The van der Waals surface area contributed by atoms with Crippen LogP contribution in [0.3, 0.4) is 0 Å². The zero-order chi connectivity index (χ0) is 21.4. The number of hydrogen-bond acceptors (Lipinski definition) is 7. The van der Waals surface area contributed by atoms with E-state index in [1.54, 1.807) is 26.2 Å². The van der Waals surface area contributed by atoms with Gasteiger partial charge in [0.25, 0.3) is 5.91 Å². The Morgan fingerprint density at radius 3 is 2.48 bits per heavy atom. The zero-order valence-corrected chi connectivity index (χ0v) is 17.7. The normalized spacial score (nSPS) is 10.5. The molecule has 0 bridgehead atoms. The lowest BCUT2D eigenvalue weighted by atomic mass is 10.1. The van der Waals surface area contributed by atoms with Crippen LogP contribution in [0.25, 0.3) is 10.6 Å². The minimum Gasteiger partial charge on any atom is -0.497 e. The number of rotatable bonds is 8. The van der Waals surface area contributed by atoms with Crippen molar-refractivity contribution in [1.82, 2.24) is 15.6 Å². The Labute approximate surface area is 173 Å². The van der Waals surface area contributed by atoms with Crippen LogP contribution >= 0.6 is 11.3 Å². The number of amides is 3. The van der Waals surface area contributed by atoms with Gasteiger partial charge in [-0.15, -0.1) is 11.3 Å². The molecule has 0 aliphatic rings. The number of thiazole rings is 1. The van der Waals surface area contributed by atoms with Crippen molar-refractivity contribution in [2.45, 2.75) is 27.2 Å². The Morgan fingerprint density at radius 1 is 1.17 bits per heavy atom. The second kappa shape index (κ2) is 10.6. The number of carbonyl (C=O) groups excluding carboxylic acids is 3. The fourth-order valence-corrected chi connectivity index (χ4v) is 3.29. The maximum Gasteiger partial charge on any atom is 0.350 e. The van der Waals surface area contributed by atoms with Crippen molar-refractivity contribution in [3.8, 4) is 16.3 Å². The monoisotopic (exact) mass is 419 g/mol. The molecule has 0 atom stereocenters. The number of benzene rings is 1. The van der Waals surface area contributed by atoms with E-state index in [2.05, 4.69) is 15.6 Å². The van der Waals surface area contributed by atoms with Crippen molar-refractivity contribution in [3.05, 3.63) is 34.8 Å². The van der Waals surface area contributed by atoms with E-state index >= 15 is 0 Å². The summed E-state index contributed by atoms with van der Waals surface area (Å²) < 4.78 is 10.1. The molecule has 0 aliphatic carbocycles. The van der Waals surface area contributed by atoms with Crippen LogP contribution in [0.2, 0.25) is 0 Å². The molecule has 3 amide bonds. The molecule has 29 heavy (non-hydrogen) atoms. The van der Waals surface area contributed by atoms with Gasteiger partial charge in [0.1, 0.15) is 15.6 Å². The van der Waals surface area contributed by atoms with E-state index in [1.165, 1.54) is 11.3 Å². The van der Waals surface area contributed by atoms with Crippen molar-refractivity contribution in [2.75, 3.05) is 20.3 Å². The lowest BCUT2D eigenvalue weighted by molar-refractivity contribution is -0.123. The lowest BCUT2D eigenvalue weighted by Gasteiger charge is -2.08. The summed E-state index contributed by atoms with van der Waals surface area (Å²) in [4.78, 5) is 40.4. The fourth-order valence-electron chi connectivity index (χ4n) is 2.32. The standard InChI is InChI=1S/C20H25N3O5S/c1-12(2)9-10-21-20(26)23-16(24)11-28-19(25)17-13(3)22-18(29-17)14-5-7-15(27-4)8-6-14/h5-8,12H,9-11H2,1-4H3,(H2,21,23,24,26). The number of urea groups is 1. The van der Waals surface area contributed by atoms with Gasteiger partial charge in [-0.05, 0) is 43.5 Å². The van der Waals surface area contributed by atoms with Gasteiger partial charge in [-0.25, -0.2) is 14.6 Å². The predicted octanol–water partition coefficient (Wildman–Crippen LogP) is 3.16. The topological polar surface area (TPSA) is 107 Å². The molecule has 0 fully saturated rings. The van der Waals surface area contributed by atoms with Crippen LogP contribution in [0, 0.1) is 12.8 Å². The number of nitrogens with zero attached hydrogens (tertiary/aromatic N) is 1. The highest BCUT2D eigenvalue weighted by Gasteiger charge is 2.19. The molecular formula is C20H25N3O5S. The highest BCUT2D eigenvalue weighted by atomic mass is 32.1. The minimum atomic E-state index is -0.696. The van der Waals surface area contributed by atoms with E-state index in [0.717, 1.165) is 17.7 Å². The largest absolute Gasteiger partial charge is 0.497 e. The minimum absolute atomic E-state index is 0.310.